The van der Waals surface area contributed by atoms with Crippen LogP contribution in [-0.4, -0.2) is 50.1 Å². The van der Waals surface area contributed by atoms with Crippen molar-refractivity contribution < 1.29 is 9.90 Å². The van der Waals surface area contributed by atoms with Crippen molar-refractivity contribution in [2.24, 2.45) is 0 Å². The molecule has 1 fully saturated rings. The summed E-state index contributed by atoms with van der Waals surface area (Å²) in [6, 6.07) is 0.338. The van der Waals surface area contributed by atoms with E-state index in [0.29, 0.717) is 25.6 Å². The molecule has 0 saturated heterocycles. The first kappa shape index (κ1) is 12.0. The molecule has 1 amide bonds. The van der Waals surface area contributed by atoms with E-state index in [1.807, 2.05) is 0 Å². The molecule has 94 valence electrons. The van der Waals surface area contributed by atoms with Crippen molar-refractivity contribution in [1.29, 1.82) is 0 Å². The molecule has 6 heteroatoms. The topological polar surface area (TPSA) is 71.2 Å². The van der Waals surface area contributed by atoms with E-state index in [9.17, 15) is 4.79 Å². The highest BCUT2D eigenvalue weighted by molar-refractivity contribution is 5.76. The molecule has 1 saturated carbocycles. The second kappa shape index (κ2) is 5.77. The predicted octanol–water partition coefficient (Wildman–Crippen LogP) is 0.0416. The van der Waals surface area contributed by atoms with Gasteiger partial charge in [0.2, 0.25) is 5.91 Å². The van der Waals surface area contributed by atoms with Crippen molar-refractivity contribution >= 4 is 5.91 Å². The van der Waals surface area contributed by atoms with E-state index in [4.69, 9.17) is 5.11 Å². The van der Waals surface area contributed by atoms with Crippen LogP contribution in [0.1, 0.15) is 25.7 Å². The summed E-state index contributed by atoms with van der Waals surface area (Å²) in [4.78, 5) is 13.8. The van der Waals surface area contributed by atoms with Crippen LogP contribution in [0.4, 0.5) is 0 Å². The lowest BCUT2D eigenvalue weighted by Crippen LogP contribution is -2.45. The average molecular weight is 238 g/mol. The SMILES string of the molecule is O=C(CCn1ccnn1)N(CCO)C1CCC1. The first-order valence-corrected chi connectivity index (χ1v) is 6.05. The van der Waals surface area contributed by atoms with Crippen LogP contribution >= 0.6 is 0 Å². The number of carbonyl (C=O) groups is 1. The highest BCUT2D eigenvalue weighted by Crippen LogP contribution is 2.25. The summed E-state index contributed by atoms with van der Waals surface area (Å²) in [6.45, 7) is 1.03. The highest BCUT2D eigenvalue weighted by atomic mass is 16.3. The summed E-state index contributed by atoms with van der Waals surface area (Å²) in [5.74, 6) is 0.0965. The van der Waals surface area contributed by atoms with Crippen molar-refractivity contribution in [3.63, 3.8) is 0 Å². The van der Waals surface area contributed by atoms with Crippen LogP contribution in [0.15, 0.2) is 12.4 Å². The molecule has 2 rings (SSSR count). The minimum atomic E-state index is 0.0333. The predicted molar refractivity (Wildman–Crippen MR) is 61.1 cm³/mol. The lowest BCUT2D eigenvalue weighted by atomic mass is 9.91. The Balaban J connectivity index is 1.83. The van der Waals surface area contributed by atoms with Crippen molar-refractivity contribution in [1.82, 2.24) is 19.9 Å². The molecule has 0 atom stereocenters. The zero-order valence-corrected chi connectivity index (χ0v) is 9.83. The standard InChI is InChI=1S/C11H18N4O2/c16-9-8-15(10-2-1-3-10)11(17)4-6-14-7-5-12-13-14/h5,7,10,16H,1-4,6,8-9H2. The fourth-order valence-corrected chi connectivity index (χ4v) is 2.02. The summed E-state index contributed by atoms with van der Waals surface area (Å²) in [6.07, 6.45) is 7.07. The third-order valence-electron chi connectivity index (χ3n) is 3.20. The quantitative estimate of drug-likeness (QED) is 0.759. The molecule has 0 unspecified atom stereocenters. The number of aliphatic hydroxyl groups excluding tert-OH is 1. The first-order valence-electron chi connectivity index (χ1n) is 6.05. The molecular weight excluding hydrogens is 220 g/mol. The Labute approximate surface area is 100 Å². The number of hydrogen-bond acceptors (Lipinski definition) is 4. The second-order valence-electron chi connectivity index (χ2n) is 4.31. The maximum Gasteiger partial charge on any atom is 0.224 e. The van der Waals surface area contributed by atoms with E-state index in [1.165, 1.54) is 6.42 Å². The number of aromatic nitrogens is 3. The fraction of sp³-hybridized carbons (Fsp3) is 0.727. The third kappa shape index (κ3) is 3.03. The Morgan fingerprint density at radius 2 is 2.35 bits per heavy atom. The molecule has 0 radical (unpaired) electrons. The molecule has 6 nitrogen and oxygen atoms in total. The Morgan fingerprint density at radius 3 is 2.88 bits per heavy atom. The zero-order valence-electron chi connectivity index (χ0n) is 9.83. The van der Waals surface area contributed by atoms with E-state index < -0.39 is 0 Å². The fourth-order valence-electron chi connectivity index (χ4n) is 2.02. The van der Waals surface area contributed by atoms with Crippen LogP contribution in [0, 0.1) is 0 Å². The largest absolute Gasteiger partial charge is 0.395 e. The van der Waals surface area contributed by atoms with E-state index in [-0.39, 0.29) is 12.5 Å². The van der Waals surface area contributed by atoms with Crippen molar-refractivity contribution in [2.45, 2.75) is 38.3 Å². The van der Waals surface area contributed by atoms with E-state index in [2.05, 4.69) is 10.3 Å². The summed E-state index contributed by atoms with van der Waals surface area (Å²) in [5.41, 5.74) is 0. The average Bonchev–Trinajstić information content (AvgIpc) is 2.75. The molecule has 0 aromatic carbocycles. The number of aliphatic hydroxyl groups is 1. The molecule has 1 aliphatic rings. The van der Waals surface area contributed by atoms with Crippen LogP contribution in [0.3, 0.4) is 0 Å². The smallest absolute Gasteiger partial charge is 0.224 e. The monoisotopic (exact) mass is 238 g/mol. The molecule has 1 aliphatic carbocycles. The number of carbonyl (C=O) groups excluding carboxylic acids is 1. The highest BCUT2D eigenvalue weighted by Gasteiger charge is 2.27. The lowest BCUT2D eigenvalue weighted by Gasteiger charge is -2.37. The van der Waals surface area contributed by atoms with Crippen LogP contribution in [-0.2, 0) is 11.3 Å². The molecular formula is C11H18N4O2. The molecule has 0 aliphatic heterocycles. The van der Waals surface area contributed by atoms with Gasteiger partial charge in [0.1, 0.15) is 0 Å². The maximum atomic E-state index is 12.0. The molecule has 17 heavy (non-hydrogen) atoms. The van der Waals surface area contributed by atoms with Crippen LogP contribution in [0.2, 0.25) is 0 Å². The van der Waals surface area contributed by atoms with Gasteiger partial charge in [-0.2, -0.15) is 0 Å². The van der Waals surface area contributed by atoms with Gasteiger partial charge in [-0.3, -0.25) is 9.48 Å². The normalized spacial score (nSPS) is 15.6. The van der Waals surface area contributed by atoms with Gasteiger partial charge in [0, 0.05) is 25.2 Å². The van der Waals surface area contributed by atoms with Crippen molar-refractivity contribution in [3.05, 3.63) is 12.4 Å². The Morgan fingerprint density at radius 1 is 1.53 bits per heavy atom. The van der Waals surface area contributed by atoms with Crippen molar-refractivity contribution in [2.75, 3.05) is 13.2 Å². The van der Waals surface area contributed by atoms with Gasteiger partial charge in [0.15, 0.2) is 0 Å². The molecule has 1 N–H and O–H groups in total. The minimum absolute atomic E-state index is 0.0333. The van der Waals surface area contributed by atoms with Crippen LogP contribution in [0.5, 0.6) is 0 Å². The van der Waals surface area contributed by atoms with Gasteiger partial charge in [-0.15, -0.1) is 5.10 Å². The molecule has 1 aromatic heterocycles. The number of amides is 1. The Bertz CT molecular complexity index is 348. The molecule has 1 aromatic rings. The molecule has 1 heterocycles. The molecule has 0 spiro atoms. The van der Waals surface area contributed by atoms with Gasteiger partial charge in [-0.05, 0) is 19.3 Å². The van der Waals surface area contributed by atoms with Gasteiger partial charge in [-0.25, -0.2) is 0 Å². The third-order valence-corrected chi connectivity index (χ3v) is 3.20. The van der Waals surface area contributed by atoms with Gasteiger partial charge < -0.3 is 10.0 Å². The number of aryl methyl sites for hydroxylation is 1. The van der Waals surface area contributed by atoms with Crippen LogP contribution in [0.25, 0.3) is 0 Å². The van der Waals surface area contributed by atoms with E-state index >= 15 is 0 Å². The Hall–Kier alpha value is -1.43. The summed E-state index contributed by atoms with van der Waals surface area (Å²) >= 11 is 0. The summed E-state index contributed by atoms with van der Waals surface area (Å²) < 4.78 is 1.65. The van der Waals surface area contributed by atoms with Crippen LogP contribution < -0.4 is 0 Å². The summed E-state index contributed by atoms with van der Waals surface area (Å²) in [5, 5.41) is 16.5. The van der Waals surface area contributed by atoms with Gasteiger partial charge in [0.25, 0.3) is 0 Å². The van der Waals surface area contributed by atoms with Gasteiger partial charge in [0.05, 0.1) is 19.3 Å². The zero-order chi connectivity index (χ0) is 12.1. The number of rotatable bonds is 6. The van der Waals surface area contributed by atoms with Gasteiger partial charge in [-0.1, -0.05) is 5.21 Å². The van der Waals surface area contributed by atoms with E-state index in [0.717, 1.165) is 12.8 Å². The Kier molecular flexibility index (Phi) is 4.08. The second-order valence-corrected chi connectivity index (χ2v) is 4.31. The van der Waals surface area contributed by atoms with E-state index in [1.54, 1.807) is 22.0 Å². The molecule has 0 bridgehead atoms. The lowest BCUT2D eigenvalue weighted by molar-refractivity contribution is -0.136. The number of nitrogens with zero attached hydrogens (tertiary/aromatic N) is 4. The van der Waals surface area contributed by atoms with Gasteiger partial charge >= 0.3 is 0 Å². The maximum absolute atomic E-state index is 12.0. The first-order chi connectivity index (χ1) is 8.31. The summed E-state index contributed by atoms with van der Waals surface area (Å²) in [7, 11) is 0. The minimum Gasteiger partial charge on any atom is -0.395 e. The van der Waals surface area contributed by atoms with Crippen molar-refractivity contribution in [3.8, 4) is 0 Å². The number of hydrogen-bond donors (Lipinski definition) is 1.